The molecule has 3 rings (SSSR count). The molecule has 0 spiro atoms. The second-order valence-corrected chi connectivity index (χ2v) is 6.29. The predicted molar refractivity (Wildman–Crippen MR) is 94.4 cm³/mol. The van der Waals surface area contributed by atoms with Crippen molar-refractivity contribution in [2.75, 3.05) is 6.54 Å². The van der Waals surface area contributed by atoms with Crippen LogP contribution >= 0.6 is 0 Å². The van der Waals surface area contributed by atoms with E-state index in [1.54, 1.807) is 24.3 Å². The Morgan fingerprint density at radius 2 is 2.28 bits per heavy atom. The van der Waals surface area contributed by atoms with Crippen LogP contribution in [0.5, 0.6) is 0 Å². The Kier molecular flexibility index (Phi) is 4.94. The first-order valence-electron chi connectivity index (χ1n) is 8.43. The number of carbonyl (C=O) groups is 1. The van der Waals surface area contributed by atoms with Gasteiger partial charge in [0.25, 0.3) is 0 Å². The molecule has 0 N–H and O–H groups in total. The summed E-state index contributed by atoms with van der Waals surface area (Å²) in [5, 5.41) is 13.3. The van der Waals surface area contributed by atoms with Crippen molar-refractivity contribution >= 4 is 12.0 Å². The Morgan fingerprint density at radius 1 is 1.44 bits per heavy atom. The lowest BCUT2D eigenvalue weighted by atomic mass is 10.1. The molecular formula is C19H21N5O. The molecule has 2 aromatic rings. The highest BCUT2D eigenvalue weighted by molar-refractivity contribution is 5.92. The zero-order valence-corrected chi connectivity index (χ0v) is 14.5. The number of likely N-dealkylation sites (tertiary alicyclic amines) is 1. The lowest BCUT2D eigenvalue weighted by Gasteiger charge is -2.23. The fraction of sp³-hybridized carbons (Fsp3) is 0.368. The molecule has 128 valence electrons. The third-order valence-corrected chi connectivity index (χ3v) is 4.44. The highest BCUT2D eigenvalue weighted by Crippen LogP contribution is 2.20. The summed E-state index contributed by atoms with van der Waals surface area (Å²) < 4.78 is 1.88. The van der Waals surface area contributed by atoms with Crippen LogP contribution in [0.3, 0.4) is 0 Å². The number of amides is 1. The summed E-state index contributed by atoms with van der Waals surface area (Å²) in [6.45, 7) is 5.25. The molecule has 2 heterocycles. The first-order valence-corrected chi connectivity index (χ1v) is 8.43. The minimum atomic E-state index is -0.000601. The first kappa shape index (κ1) is 16.9. The number of nitrogens with zero attached hydrogens (tertiary/aromatic N) is 5. The molecule has 0 saturated carbocycles. The van der Waals surface area contributed by atoms with E-state index < -0.39 is 0 Å². The van der Waals surface area contributed by atoms with Crippen molar-refractivity contribution in [1.82, 2.24) is 19.7 Å². The average Bonchev–Trinajstić information content (AvgIpc) is 3.19. The predicted octanol–water partition coefficient (Wildman–Crippen LogP) is 2.47. The van der Waals surface area contributed by atoms with Crippen molar-refractivity contribution in [3.05, 3.63) is 53.1 Å². The minimum Gasteiger partial charge on any atom is -0.334 e. The summed E-state index contributed by atoms with van der Waals surface area (Å²) in [6.07, 6.45) is 5.33. The van der Waals surface area contributed by atoms with Crippen molar-refractivity contribution < 1.29 is 4.79 Å². The number of hydrogen-bond acceptors (Lipinski definition) is 4. The van der Waals surface area contributed by atoms with Gasteiger partial charge in [-0.25, -0.2) is 9.67 Å². The van der Waals surface area contributed by atoms with Crippen LogP contribution in [0.1, 0.15) is 35.6 Å². The summed E-state index contributed by atoms with van der Waals surface area (Å²) >= 11 is 0. The van der Waals surface area contributed by atoms with Gasteiger partial charge in [-0.05, 0) is 50.5 Å². The van der Waals surface area contributed by atoms with Gasteiger partial charge >= 0.3 is 0 Å². The van der Waals surface area contributed by atoms with Crippen LogP contribution in [0.15, 0.2) is 30.3 Å². The molecule has 1 aliphatic heterocycles. The lowest BCUT2D eigenvalue weighted by molar-refractivity contribution is -0.127. The van der Waals surface area contributed by atoms with E-state index in [9.17, 15) is 4.79 Å². The molecule has 1 saturated heterocycles. The van der Waals surface area contributed by atoms with Crippen LogP contribution in [0.4, 0.5) is 0 Å². The van der Waals surface area contributed by atoms with Crippen LogP contribution in [-0.4, -0.2) is 38.2 Å². The van der Waals surface area contributed by atoms with Gasteiger partial charge in [0.05, 0.1) is 24.2 Å². The van der Waals surface area contributed by atoms with Gasteiger partial charge in [-0.15, -0.1) is 0 Å². The highest BCUT2D eigenvalue weighted by atomic mass is 16.2. The van der Waals surface area contributed by atoms with E-state index in [1.165, 1.54) is 0 Å². The topological polar surface area (TPSA) is 74.8 Å². The van der Waals surface area contributed by atoms with Crippen LogP contribution in [0.25, 0.3) is 6.08 Å². The van der Waals surface area contributed by atoms with Gasteiger partial charge in [0.2, 0.25) is 5.91 Å². The normalized spacial score (nSPS) is 17.2. The van der Waals surface area contributed by atoms with Gasteiger partial charge in [0.1, 0.15) is 11.6 Å². The number of carbonyl (C=O) groups excluding carboxylic acids is 1. The quantitative estimate of drug-likeness (QED) is 0.805. The molecule has 0 aliphatic carbocycles. The average molecular weight is 335 g/mol. The second kappa shape index (κ2) is 7.31. The second-order valence-electron chi connectivity index (χ2n) is 6.29. The molecule has 6 heteroatoms. The summed E-state index contributed by atoms with van der Waals surface area (Å²) in [6, 6.07) is 9.47. The smallest absolute Gasteiger partial charge is 0.246 e. The minimum absolute atomic E-state index is 0.000601. The van der Waals surface area contributed by atoms with Crippen molar-refractivity contribution in [2.24, 2.45) is 0 Å². The molecule has 6 nitrogen and oxygen atoms in total. The third kappa shape index (κ3) is 3.94. The number of aryl methyl sites for hydroxylation is 2. The number of aromatic nitrogens is 3. The van der Waals surface area contributed by atoms with Gasteiger partial charge < -0.3 is 4.90 Å². The standard InChI is InChI=1S/C19H21N5O/c1-14-21-15(2)24(22-14)13-18-7-4-10-23(18)19(25)9-8-16-5-3-6-17(11-16)12-20/h3,5-6,8-9,11,18H,4,7,10,13H2,1-2H3/b9-8+. The zero-order valence-electron chi connectivity index (χ0n) is 14.5. The van der Waals surface area contributed by atoms with Gasteiger partial charge in [-0.1, -0.05) is 12.1 Å². The molecule has 1 amide bonds. The summed E-state index contributed by atoms with van der Waals surface area (Å²) in [5.41, 5.74) is 1.44. The SMILES string of the molecule is Cc1nc(C)n(CC2CCCN2C(=O)/C=C/c2cccc(C#N)c2)n1. The number of rotatable bonds is 4. The van der Waals surface area contributed by atoms with E-state index in [-0.39, 0.29) is 11.9 Å². The number of nitriles is 1. The zero-order chi connectivity index (χ0) is 17.8. The van der Waals surface area contributed by atoms with E-state index >= 15 is 0 Å². The molecule has 1 atom stereocenters. The van der Waals surface area contributed by atoms with Crippen LogP contribution < -0.4 is 0 Å². The largest absolute Gasteiger partial charge is 0.334 e. The summed E-state index contributed by atoms with van der Waals surface area (Å²) in [5.74, 6) is 1.63. The molecule has 1 unspecified atom stereocenters. The molecule has 25 heavy (non-hydrogen) atoms. The third-order valence-electron chi connectivity index (χ3n) is 4.44. The summed E-state index contributed by atoms with van der Waals surface area (Å²) in [4.78, 5) is 18.8. The molecular weight excluding hydrogens is 314 g/mol. The molecule has 1 aromatic heterocycles. The molecule has 0 radical (unpaired) electrons. The van der Waals surface area contributed by atoms with E-state index in [2.05, 4.69) is 16.2 Å². The van der Waals surface area contributed by atoms with Crippen LogP contribution in [0, 0.1) is 25.2 Å². The van der Waals surface area contributed by atoms with Crippen molar-refractivity contribution in [3.8, 4) is 6.07 Å². The maximum absolute atomic E-state index is 12.6. The van der Waals surface area contributed by atoms with E-state index in [0.717, 1.165) is 36.6 Å². The summed E-state index contributed by atoms with van der Waals surface area (Å²) in [7, 11) is 0. The molecule has 1 fully saturated rings. The van der Waals surface area contributed by atoms with Crippen molar-refractivity contribution in [1.29, 1.82) is 5.26 Å². The molecule has 0 bridgehead atoms. The Hall–Kier alpha value is -2.94. The number of benzene rings is 1. The van der Waals surface area contributed by atoms with Crippen molar-refractivity contribution in [3.63, 3.8) is 0 Å². The van der Waals surface area contributed by atoms with Gasteiger partial charge in [0.15, 0.2) is 0 Å². The van der Waals surface area contributed by atoms with Crippen LogP contribution in [0.2, 0.25) is 0 Å². The Morgan fingerprint density at radius 3 is 3.00 bits per heavy atom. The fourth-order valence-corrected chi connectivity index (χ4v) is 3.22. The highest BCUT2D eigenvalue weighted by Gasteiger charge is 2.28. The van der Waals surface area contributed by atoms with Crippen molar-refractivity contribution in [2.45, 2.75) is 39.3 Å². The Bertz CT molecular complexity index is 846. The van der Waals surface area contributed by atoms with Gasteiger partial charge in [0, 0.05) is 12.6 Å². The fourth-order valence-electron chi connectivity index (χ4n) is 3.22. The first-order chi connectivity index (χ1) is 12.1. The molecule has 1 aromatic carbocycles. The van der Waals surface area contributed by atoms with E-state index in [0.29, 0.717) is 12.1 Å². The maximum atomic E-state index is 12.6. The van der Waals surface area contributed by atoms with Crippen LogP contribution in [-0.2, 0) is 11.3 Å². The van der Waals surface area contributed by atoms with Gasteiger partial charge in [-0.3, -0.25) is 4.79 Å². The van der Waals surface area contributed by atoms with Gasteiger partial charge in [-0.2, -0.15) is 10.4 Å². The van der Waals surface area contributed by atoms with E-state index in [4.69, 9.17) is 5.26 Å². The Labute approximate surface area is 147 Å². The lowest BCUT2D eigenvalue weighted by Crippen LogP contribution is -2.37. The molecule has 1 aliphatic rings. The van der Waals surface area contributed by atoms with E-state index in [1.807, 2.05) is 35.6 Å². The number of hydrogen-bond donors (Lipinski definition) is 0. The monoisotopic (exact) mass is 335 g/mol. The maximum Gasteiger partial charge on any atom is 0.246 e. The Balaban J connectivity index is 1.69.